The summed E-state index contributed by atoms with van der Waals surface area (Å²) in [4.78, 5) is 12.5. The van der Waals surface area contributed by atoms with Gasteiger partial charge in [0.1, 0.15) is 17.2 Å². The lowest BCUT2D eigenvalue weighted by atomic mass is 9.89. The number of hydrogen-bond acceptors (Lipinski definition) is 5. The van der Waals surface area contributed by atoms with Crippen molar-refractivity contribution >= 4 is 21.7 Å². The molecule has 0 aliphatic carbocycles. The van der Waals surface area contributed by atoms with Crippen LogP contribution in [-0.4, -0.2) is 46.7 Å². The van der Waals surface area contributed by atoms with Gasteiger partial charge in [-0.25, -0.2) is 12.8 Å². The van der Waals surface area contributed by atoms with E-state index in [-0.39, 0.29) is 18.0 Å². The lowest BCUT2D eigenvalue weighted by molar-refractivity contribution is -0.117. The Labute approximate surface area is 163 Å². The van der Waals surface area contributed by atoms with Crippen LogP contribution in [0.5, 0.6) is 5.75 Å². The number of nitrogens with zero attached hydrogens (tertiary/aromatic N) is 2. The Morgan fingerprint density at radius 2 is 2.18 bits per heavy atom. The highest BCUT2D eigenvalue weighted by molar-refractivity contribution is 7.89. The smallest absolute Gasteiger partial charge is 0.240 e. The minimum atomic E-state index is -3.77. The number of H-pyrrole nitrogens is 1. The Hall–Kier alpha value is -2.46. The molecule has 8 nitrogen and oxygen atoms in total. The molecule has 0 fully saturated rings. The molecule has 0 bridgehead atoms. The summed E-state index contributed by atoms with van der Waals surface area (Å²) in [7, 11) is -3.77. The molecule has 0 saturated carbocycles. The molecule has 1 aromatic heterocycles. The van der Waals surface area contributed by atoms with Crippen LogP contribution in [0.3, 0.4) is 0 Å². The van der Waals surface area contributed by atoms with Crippen LogP contribution < -0.4 is 10.1 Å². The van der Waals surface area contributed by atoms with Crippen molar-refractivity contribution in [3.05, 3.63) is 41.8 Å². The number of fused-ring (bicyclic) bond motifs is 1. The first kappa shape index (κ1) is 20.3. The minimum absolute atomic E-state index is 0.189. The van der Waals surface area contributed by atoms with Gasteiger partial charge in [0.05, 0.1) is 18.3 Å². The Bertz CT molecular complexity index is 960. The quantitative estimate of drug-likeness (QED) is 0.761. The van der Waals surface area contributed by atoms with E-state index in [2.05, 4.69) is 15.5 Å². The van der Waals surface area contributed by atoms with Gasteiger partial charge in [0.2, 0.25) is 15.9 Å². The number of sulfonamides is 1. The first-order chi connectivity index (χ1) is 13.1. The highest BCUT2D eigenvalue weighted by Gasteiger charge is 2.41. The molecule has 1 aliphatic rings. The van der Waals surface area contributed by atoms with Gasteiger partial charge in [0, 0.05) is 24.2 Å². The number of nitrogens with one attached hydrogen (secondary N) is 2. The zero-order valence-corrected chi connectivity index (χ0v) is 16.7. The molecule has 10 heteroatoms. The minimum Gasteiger partial charge on any atom is -0.487 e. The summed E-state index contributed by atoms with van der Waals surface area (Å²) < 4.78 is 46.6. The molecule has 3 rings (SSSR count). The van der Waals surface area contributed by atoms with Crippen molar-refractivity contribution in [2.24, 2.45) is 0 Å². The van der Waals surface area contributed by atoms with E-state index in [1.54, 1.807) is 6.07 Å². The molecule has 0 saturated heterocycles. The summed E-state index contributed by atoms with van der Waals surface area (Å²) in [6.07, 6.45) is 1.81. The lowest BCUT2D eigenvalue weighted by Gasteiger charge is -2.41. The number of carbonyl (C=O) groups is 1. The molecule has 1 unspecified atom stereocenters. The van der Waals surface area contributed by atoms with Crippen LogP contribution in [0.15, 0.2) is 30.5 Å². The maximum Gasteiger partial charge on any atom is 0.240 e. The van der Waals surface area contributed by atoms with Gasteiger partial charge in [-0.3, -0.25) is 9.89 Å². The van der Waals surface area contributed by atoms with Gasteiger partial charge in [-0.15, -0.1) is 0 Å². The number of aromatic nitrogens is 2. The molecule has 1 aliphatic heterocycles. The molecule has 1 atom stereocenters. The van der Waals surface area contributed by atoms with E-state index in [0.717, 1.165) is 4.31 Å². The molecular weight excluding hydrogens is 387 g/mol. The van der Waals surface area contributed by atoms with Crippen LogP contribution in [0.2, 0.25) is 0 Å². The number of rotatable bonds is 6. The molecule has 1 aromatic carbocycles. The van der Waals surface area contributed by atoms with Gasteiger partial charge in [-0.2, -0.15) is 9.40 Å². The van der Waals surface area contributed by atoms with Gasteiger partial charge in [0.15, 0.2) is 5.82 Å². The summed E-state index contributed by atoms with van der Waals surface area (Å²) in [6.45, 7) is 4.74. The van der Waals surface area contributed by atoms with E-state index in [1.807, 2.05) is 13.8 Å². The first-order valence-corrected chi connectivity index (χ1v) is 10.5. The van der Waals surface area contributed by atoms with E-state index in [9.17, 15) is 17.6 Å². The first-order valence-electron chi connectivity index (χ1n) is 8.89. The maximum atomic E-state index is 13.9. The zero-order valence-electron chi connectivity index (χ0n) is 15.9. The maximum absolute atomic E-state index is 13.9. The number of anilines is 1. The van der Waals surface area contributed by atoms with Crippen LogP contribution in [-0.2, 0) is 14.8 Å². The van der Waals surface area contributed by atoms with Gasteiger partial charge in [-0.1, -0.05) is 0 Å². The number of aromatic amines is 1. The fourth-order valence-corrected chi connectivity index (χ4v) is 4.49. The van der Waals surface area contributed by atoms with Crippen molar-refractivity contribution in [2.75, 3.05) is 17.6 Å². The summed E-state index contributed by atoms with van der Waals surface area (Å²) >= 11 is 0. The van der Waals surface area contributed by atoms with E-state index in [0.29, 0.717) is 11.3 Å². The Balaban J connectivity index is 1.98. The number of halogens is 1. The highest BCUT2D eigenvalue weighted by Crippen LogP contribution is 2.43. The zero-order chi connectivity index (χ0) is 20.5. The van der Waals surface area contributed by atoms with Crippen LogP contribution in [0.25, 0.3) is 0 Å². The van der Waals surface area contributed by atoms with E-state index < -0.39 is 39.9 Å². The molecule has 2 N–H and O–H groups in total. The monoisotopic (exact) mass is 410 g/mol. The third-order valence-corrected chi connectivity index (χ3v) is 6.37. The summed E-state index contributed by atoms with van der Waals surface area (Å²) in [6, 6.07) is 4.83. The van der Waals surface area contributed by atoms with Crippen molar-refractivity contribution in [1.82, 2.24) is 14.5 Å². The molecule has 2 aromatic rings. The van der Waals surface area contributed by atoms with Crippen LogP contribution in [0, 0.1) is 5.82 Å². The average Bonchev–Trinajstić information content (AvgIpc) is 3.12. The van der Waals surface area contributed by atoms with Crippen LogP contribution in [0.4, 0.5) is 10.2 Å². The molecule has 0 spiro atoms. The summed E-state index contributed by atoms with van der Waals surface area (Å²) in [5, 5.41) is 8.95. The number of carbonyl (C=O) groups excluding carboxylic acids is 1. The van der Waals surface area contributed by atoms with Crippen molar-refractivity contribution < 1.29 is 22.3 Å². The molecular formula is C18H23FN4O4S. The predicted molar refractivity (Wildman–Crippen MR) is 102 cm³/mol. The third kappa shape index (κ3) is 4.33. The number of hydrogen-bond donors (Lipinski definition) is 2. The normalized spacial score (nSPS) is 18.4. The topological polar surface area (TPSA) is 104 Å². The lowest BCUT2D eigenvalue weighted by Crippen LogP contribution is -2.46. The fraction of sp³-hybridized carbons (Fsp3) is 0.444. The molecule has 152 valence electrons. The fourth-order valence-electron chi connectivity index (χ4n) is 3.27. The number of ether oxygens (including phenoxy) is 1. The summed E-state index contributed by atoms with van der Waals surface area (Å²) in [5.41, 5.74) is -0.278. The second kappa shape index (κ2) is 7.51. The molecule has 0 radical (unpaired) electrons. The van der Waals surface area contributed by atoms with Crippen molar-refractivity contribution in [1.29, 1.82) is 0 Å². The predicted octanol–water partition coefficient (Wildman–Crippen LogP) is 2.44. The Kier molecular flexibility index (Phi) is 5.44. The Morgan fingerprint density at radius 1 is 1.43 bits per heavy atom. The highest BCUT2D eigenvalue weighted by atomic mass is 32.2. The van der Waals surface area contributed by atoms with Crippen molar-refractivity contribution in [2.45, 2.75) is 38.8 Å². The summed E-state index contributed by atoms with van der Waals surface area (Å²) in [5.74, 6) is -0.525. The van der Waals surface area contributed by atoms with E-state index in [4.69, 9.17) is 4.74 Å². The SMILES string of the molecule is CCS(=O)(=O)N(CC(=O)Nc1cc[nH]n1)C1CC(C)(C)Oc2ccc(F)cc21. The second-order valence-electron chi connectivity index (χ2n) is 7.22. The van der Waals surface area contributed by atoms with E-state index in [1.165, 1.54) is 31.3 Å². The Morgan fingerprint density at radius 3 is 2.82 bits per heavy atom. The molecule has 28 heavy (non-hydrogen) atoms. The van der Waals surface area contributed by atoms with Gasteiger partial charge >= 0.3 is 0 Å². The van der Waals surface area contributed by atoms with Gasteiger partial charge in [0.25, 0.3) is 0 Å². The standard InChI is InChI=1S/C18H23FN4O4S/c1-4-28(25,26)23(11-17(24)21-16-7-8-20-22-16)14-10-18(2,3)27-15-6-5-12(19)9-13(14)15/h5-9,14H,4,10-11H2,1-3H3,(H2,20,21,22,24). The van der Waals surface area contributed by atoms with Gasteiger partial charge in [-0.05, 0) is 39.0 Å². The third-order valence-electron chi connectivity index (χ3n) is 4.54. The van der Waals surface area contributed by atoms with Crippen LogP contribution in [0.1, 0.15) is 38.8 Å². The second-order valence-corrected chi connectivity index (χ2v) is 9.43. The van der Waals surface area contributed by atoms with E-state index >= 15 is 0 Å². The number of amides is 1. The van der Waals surface area contributed by atoms with Gasteiger partial charge < -0.3 is 10.1 Å². The average molecular weight is 410 g/mol. The number of benzene rings is 1. The van der Waals surface area contributed by atoms with Crippen molar-refractivity contribution in [3.8, 4) is 5.75 Å². The molecule has 2 heterocycles. The largest absolute Gasteiger partial charge is 0.487 e. The van der Waals surface area contributed by atoms with Crippen LogP contribution >= 0.6 is 0 Å². The van der Waals surface area contributed by atoms with Crippen molar-refractivity contribution in [3.63, 3.8) is 0 Å². The molecule has 1 amide bonds.